The first-order valence-corrected chi connectivity index (χ1v) is 9.32. The van der Waals surface area contributed by atoms with Gasteiger partial charge in [0.25, 0.3) is 0 Å². The van der Waals surface area contributed by atoms with Crippen LogP contribution in [0.1, 0.15) is 20.3 Å². The van der Waals surface area contributed by atoms with Gasteiger partial charge < -0.3 is 15.7 Å². The van der Waals surface area contributed by atoms with Crippen molar-refractivity contribution in [1.29, 1.82) is 5.26 Å². The summed E-state index contributed by atoms with van der Waals surface area (Å²) in [6, 6.07) is 2.16. The van der Waals surface area contributed by atoms with Crippen molar-refractivity contribution < 1.29 is 5.11 Å². The Morgan fingerprint density at radius 1 is 1.23 bits per heavy atom. The predicted molar refractivity (Wildman–Crippen MR) is 108 cm³/mol. The molecular weight excluding hydrogens is 326 g/mol. The third-order valence-electron chi connectivity index (χ3n) is 4.71. The monoisotopic (exact) mass is 359 g/mol. The smallest absolute Gasteiger partial charge is 0.0989 e. The summed E-state index contributed by atoms with van der Waals surface area (Å²) in [5.74, 6) is 1.63. The molecule has 3 N–H and O–H groups in total. The van der Waals surface area contributed by atoms with Gasteiger partial charge in [-0.2, -0.15) is 5.26 Å². The van der Waals surface area contributed by atoms with Crippen LogP contribution in [-0.2, 0) is 0 Å². The van der Waals surface area contributed by atoms with E-state index in [-0.39, 0.29) is 0 Å². The second kappa shape index (κ2) is 11.6. The molecule has 6 nitrogen and oxygen atoms in total. The number of fused-ring (bicyclic) bond motifs is 1. The van der Waals surface area contributed by atoms with Crippen LogP contribution in [0.5, 0.6) is 0 Å². The zero-order valence-corrected chi connectivity index (χ0v) is 16.5. The minimum absolute atomic E-state index is 0.627. The molecule has 2 aliphatic heterocycles. The Hall–Kier alpha value is -1.94. The highest BCUT2D eigenvalue weighted by Gasteiger charge is 2.37. The summed E-state index contributed by atoms with van der Waals surface area (Å²) >= 11 is 0. The average molecular weight is 360 g/mol. The van der Waals surface area contributed by atoms with Crippen LogP contribution < -0.4 is 5.73 Å². The maximum Gasteiger partial charge on any atom is 0.0989 e. The van der Waals surface area contributed by atoms with Gasteiger partial charge in [-0.25, -0.2) is 0 Å². The normalized spacial score (nSPS) is 25.6. The van der Waals surface area contributed by atoms with Gasteiger partial charge in [0.05, 0.1) is 23.0 Å². The molecule has 0 spiro atoms. The molecule has 0 amide bonds. The van der Waals surface area contributed by atoms with E-state index in [1.807, 2.05) is 32.2 Å². The Morgan fingerprint density at radius 3 is 2.42 bits per heavy atom. The summed E-state index contributed by atoms with van der Waals surface area (Å²) in [6.07, 6.45) is 8.16. The summed E-state index contributed by atoms with van der Waals surface area (Å²) < 4.78 is 0. The van der Waals surface area contributed by atoms with Gasteiger partial charge in [-0.1, -0.05) is 26.0 Å². The van der Waals surface area contributed by atoms with E-state index in [4.69, 9.17) is 16.1 Å². The molecule has 2 atom stereocenters. The van der Waals surface area contributed by atoms with Crippen LogP contribution in [0.4, 0.5) is 0 Å². The number of nitrogens with two attached hydrogens (primary N) is 1. The molecule has 1 aliphatic carbocycles. The summed E-state index contributed by atoms with van der Waals surface area (Å²) in [5.41, 5.74) is 7.97. The first-order chi connectivity index (χ1) is 12.7. The zero-order valence-electron chi connectivity index (χ0n) is 16.5. The van der Waals surface area contributed by atoms with Crippen molar-refractivity contribution in [2.75, 3.05) is 46.9 Å². The van der Waals surface area contributed by atoms with Crippen molar-refractivity contribution in [2.24, 2.45) is 22.6 Å². The fourth-order valence-corrected chi connectivity index (χ4v) is 3.63. The number of hydrogen-bond donors (Lipinski definition) is 2. The summed E-state index contributed by atoms with van der Waals surface area (Å²) in [6.45, 7) is 9.61. The maximum atomic E-state index is 9.04. The molecule has 0 aromatic heterocycles. The minimum atomic E-state index is 0.627. The molecule has 144 valence electrons. The number of nitriles is 1. The first-order valence-electron chi connectivity index (χ1n) is 9.32. The molecule has 2 saturated heterocycles. The first kappa shape index (κ1) is 22.1. The lowest BCUT2D eigenvalue weighted by Crippen LogP contribution is -2.28. The fraction of sp³-hybridized carbons (Fsp3) is 0.600. The second-order valence-electron chi connectivity index (χ2n) is 6.47. The van der Waals surface area contributed by atoms with Gasteiger partial charge >= 0.3 is 0 Å². The molecular formula is C20H33N5O. The van der Waals surface area contributed by atoms with E-state index in [0.29, 0.717) is 23.4 Å². The van der Waals surface area contributed by atoms with Gasteiger partial charge in [-0.05, 0) is 31.4 Å². The van der Waals surface area contributed by atoms with Crippen LogP contribution in [-0.4, -0.2) is 68.0 Å². The molecule has 0 aromatic rings. The molecule has 0 aromatic carbocycles. The topological polar surface area (TPSA) is 88.9 Å². The number of nitrogens with zero attached hydrogens (tertiary/aromatic N) is 4. The lowest BCUT2D eigenvalue weighted by atomic mass is 10.0. The van der Waals surface area contributed by atoms with Crippen molar-refractivity contribution in [3.63, 3.8) is 0 Å². The number of allylic oxidation sites excluding steroid dienone is 4. The van der Waals surface area contributed by atoms with E-state index in [2.05, 4.69) is 27.9 Å². The summed E-state index contributed by atoms with van der Waals surface area (Å²) in [7, 11) is 3.21. The third-order valence-corrected chi connectivity index (χ3v) is 4.71. The average Bonchev–Trinajstić information content (AvgIpc) is 3.12. The van der Waals surface area contributed by atoms with Gasteiger partial charge in [0, 0.05) is 46.0 Å². The van der Waals surface area contributed by atoms with E-state index < -0.39 is 0 Å². The predicted octanol–water partition coefficient (Wildman–Crippen LogP) is 1.77. The SMILES string of the molecule is CC.CN1CC2CN(CC=NC3=CC(C#N)=CCC=C3N)CC2C1.CO. The van der Waals surface area contributed by atoms with Crippen LogP contribution in [0, 0.1) is 23.2 Å². The highest BCUT2D eigenvalue weighted by molar-refractivity contribution is 5.63. The third kappa shape index (κ3) is 6.10. The van der Waals surface area contributed by atoms with Crippen molar-refractivity contribution >= 4 is 6.21 Å². The molecule has 2 fully saturated rings. The molecule has 2 heterocycles. The van der Waals surface area contributed by atoms with Crippen molar-refractivity contribution in [3.05, 3.63) is 35.2 Å². The van der Waals surface area contributed by atoms with Gasteiger partial charge in [0.15, 0.2) is 0 Å². The van der Waals surface area contributed by atoms with Gasteiger partial charge in [0.2, 0.25) is 0 Å². The number of aliphatic hydroxyl groups excluding tert-OH is 1. The molecule has 0 radical (unpaired) electrons. The molecule has 26 heavy (non-hydrogen) atoms. The van der Waals surface area contributed by atoms with E-state index >= 15 is 0 Å². The second-order valence-corrected chi connectivity index (χ2v) is 6.47. The number of hydrogen-bond acceptors (Lipinski definition) is 6. The molecule has 3 rings (SSSR count). The number of rotatable bonds is 3. The number of aliphatic imine (C=N–C) groups is 1. The molecule has 2 unspecified atom stereocenters. The number of likely N-dealkylation sites (tertiary alicyclic amines) is 2. The van der Waals surface area contributed by atoms with E-state index in [1.165, 1.54) is 13.1 Å². The maximum absolute atomic E-state index is 9.04. The lowest BCUT2D eigenvalue weighted by molar-refractivity contribution is 0.305. The zero-order chi connectivity index (χ0) is 19.5. The number of aliphatic hydroxyl groups is 1. The Balaban J connectivity index is 0.000000791. The Bertz CT molecular complexity index is 586. The fourth-order valence-electron chi connectivity index (χ4n) is 3.63. The van der Waals surface area contributed by atoms with Gasteiger partial charge in [0.1, 0.15) is 0 Å². The Labute approximate surface area is 158 Å². The van der Waals surface area contributed by atoms with Crippen LogP contribution in [0.3, 0.4) is 0 Å². The van der Waals surface area contributed by atoms with E-state index in [9.17, 15) is 0 Å². The highest BCUT2D eigenvalue weighted by Crippen LogP contribution is 2.29. The largest absolute Gasteiger partial charge is 0.400 e. The van der Waals surface area contributed by atoms with Crippen LogP contribution in [0.25, 0.3) is 0 Å². The van der Waals surface area contributed by atoms with E-state index in [0.717, 1.165) is 38.6 Å². The van der Waals surface area contributed by atoms with E-state index in [1.54, 1.807) is 6.08 Å². The molecule has 0 bridgehead atoms. The molecule has 0 saturated carbocycles. The summed E-state index contributed by atoms with van der Waals surface area (Å²) in [4.78, 5) is 9.38. The Kier molecular flexibility index (Phi) is 9.89. The van der Waals surface area contributed by atoms with Crippen molar-refractivity contribution in [1.82, 2.24) is 9.80 Å². The van der Waals surface area contributed by atoms with Crippen LogP contribution in [0.2, 0.25) is 0 Å². The highest BCUT2D eigenvalue weighted by atomic mass is 16.2. The summed E-state index contributed by atoms with van der Waals surface area (Å²) in [5, 5.41) is 16.0. The molecule has 3 aliphatic rings. The molecule has 6 heteroatoms. The Morgan fingerprint density at radius 2 is 1.85 bits per heavy atom. The van der Waals surface area contributed by atoms with Gasteiger partial charge in [-0.15, -0.1) is 0 Å². The van der Waals surface area contributed by atoms with Crippen molar-refractivity contribution in [3.8, 4) is 6.07 Å². The van der Waals surface area contributed by atoms with Gasteiger partial charge in [-0.3, -0.25) is 9.89 Å². The minimum Gasteiger partial charge on any atom is -0.400 e. The van der Waals surface area contributed by atoms with Crippen LogP contribution >= 0.6 is 0 Å². The van der Waals surface area contributed by atoms with Crippen LogP contribution in [0.15, 0.2) is 40.2 Å². The lowest BCUT2D eigenvalue weighted by Gasteiger charge is -2.16. The standard InChI is InChI=1S/C17H23N5.C2H6.CH4O/c1-21-9-14-11-22(12-15(14)10-21)6-5-20-17-7-13(8-18)3-2-4-16(17)19;2*1-2/h3-5,7,14-15H,2,6,9-12,19H2,1H3;1-2H3;2H,1H3. The van der Waals surface area contributed by atoms with Crippen molar-refractivity contribution in [2.45, 2.75) is 20.3 Å². The quantitative estimate of drug-likeness (QED) is 0.750.